The van der Waals surface area contributed by atoms with Crippen LogP contribution in [0.4, 0.5) is 5.69 Å². The Balaban J connectivity index is 1.41. The van der Waals surface area contributed by atoms with Gasteiger partial charge < -0.3 is 5.32 Å². The molecule has 0 saturated carbocycles. The minimum absolute atomic E-state index is 0.206. The normalized spacial score (nSPS) is 21.5. The molecule has 0 amide bonds. The van der Waals surface area contributed by atoms with E-state index in [0.29, 0.717) is 16.7 Å². The third-order valence-corrected chi connectivity index (χ3v) is 8.31. The van der Waals surface area contributed by atoms with Crippen LogP contribution in [0.25, 0.3) is 0 Å². The Labute approximate surface area is 196 Å². The quantitative estimate of drug-likeness (QED) is 0.438. The van der Waals surface area contributed by atoms with Crippen molar-refractivity contribution in [3.63, 3.8) is 0 Å². The SMILES string of the molecule is CC(C)c1ccc(C2Nc3ccc(S(=O)(=O)NCc4ccccc4)cc3C3C=CCC32)cc1. The van der Waals surface area contributed by atoms with Gasteiger partial charge in [0.15, 0.2) is 0 Å². The van der Waals surface area contributed by atoms with Gasteiger partial charge in [-0.25, -0.2) is 13.1 Å². The van der Waals surface area contributed by atoms with Crippen LogP contribution in [-0.4, -0.2) is 8.42 Å². The van der Waals surface area contributed by atoms with Crippen LogP contribution in [0.5, 0.6) is 0 Å². The Morgan fingerprint density at radius 3 is 2.48 bits per heavy atom. The summed E-state index contributed by atoms with van der Waals surface area (Å²) in [5, 5.41) is 3.71. The maximum absolute atomic E-state index is 13.0. The first-order valence-electron chi connectivity index (χ1n) is 11.6. The molecule has 170 valence electrons. The standard InChI is InChI=1S/C28H30N2O2S/c1-19(2)21-11-13-22(14-12-21)28-25-10-6-9-24(25)26-17-23(15-16-27(26)30-28)33(31,32)29-18-20-7-4-3-5-8-20/h3-9,11-17,19,24-25,28-30H,10,18H2,1-2H3. The lowest BCUT2D eigenvalue weighted by Crippen LogP contribution is -2.30. The molecule has 1 heterocycles. The largest absolute Gasteiger partial charge is 0.378 e. The number of anilines is 1. The monoisotopic (exact) mass is 458 g/mol. The highest BCUT2D eigenvalue weighted by molar-refractivity contribution is 7.89. The summed E-state index contributed by atoms with van der Waals surface area (Å²) in [6.07, 6.45) is 5.46. The number of hydrogen-bond acceptors (Lipinski definition) is 3. The third-order valence-electron chi connectivity index (χ3n) is 6.92. The Kier molecular flexibility index (Phi) is 5.85. The van der Waals surface area contributed by atoms with E-state index in [0.717, 1.165) is 23.2 Å². The third kappa shape index (κ3) is 4.35. The van der Waals surface area contributed by atoms with Gasteiger partial charge in [-0.3, -0.25) is 0 Å². The van der Waals surface area contributed by atoms with Crippen LogP contribution >= 0.6 is 0 Å². The van der Waals surface area contributed by atoms with E-state index in [-0.39, 0.29) is 18.5 Å². The van der Waals surface area contributed by atoms with Crippen LogP contribution in [-0.2, 0) is 16.6 Å². The molecule has 1 aliphatic carbocycles. The fourth-order valence-electron chi connectivity index (χ4n) is 5.02. The Morgan fingerprint density at radius 1 is 1.00 bits per heavy atom. The van der Waals surface area contributed by atoms with Crippen LogP contribution in [0.3, 0.4) is 0 Å². The fourth-order valence-corrected chi connectivity index (χ4v) is 6.07. The second kappa shape index (κ2) is 8.81. The molecule has 2 N–H and O–H groups in total. The molecule has 0 bridgehead atoms. The molecule has 3 atom stereocenters. The molecule has 33 heavy (non-hydrogen) atoms. The summed E-state index contributed by atoms with van der Waals surface area (Å²) >= 11 is 0. The predicted octanol–water partition coefficient (Wildman–Crippen LogP) is 6.12. The Morgan fingerprint density at radius 2 is 1.76 bits per heavy atom. The molecule has 5 rings (SSSR count). The average Bonchev–Trinajstić information content (AvgIpc) is 3.33. The lowest BCUT2D eigenvalue weighted by molar-refractivity contribution is 0.425. The van der Waals surface area contributed by atoms with Crippen molar-refractivity contribution in [3.8, 4) is 0 Å². The van der Waals surface area contributed by atoms with Gasteiger partial charge in [0.05, 0.1) is 10.9 Å². The second-order valence-electron chi connectivity index (χ2n) is 9.36. The summed E-state index contributed by atoms with van der Waals surface area (Å²) in [6.45, 7) is 4.70. The first kappa shape index (κ1) is 21.9. The number of nitrogens with one attached hydrogen (secondary N) is 2. The molecule has 2 aliphatic rings. The second-order valence-corrected chi connectivity index (χ2v) is 11.1. The first-order valence-corrected chi connectivity index (χ1v) is 13.1. The van der Waals surface area contributed by atoms with Gasteiger partial charge in [0.25, 0.3) is 0 Å². The van der Waals surface area contributed by atoms with E-state index in [1.54, 1.807) is 6.07 Å². The van der Waals surface area contributed by atoms with Crippen molar-refractivity contribution in [2.75, 3.05) is 5.32 Å². The summed E-state index contributed by atoms with van der Waals surface area (Å²) in [5.41, 5.74) is 5.64. The van der Waals surface area contributed by atoms with E-state index in [2.05, 4.69) is 60.3 Å². The van der Waals surface area contributed by atoms with Crippen molar-refractivity contribution in [1.29, 1.82) is 0 Å². The van der Waals surface area contributed by atoms with Gasteiger partial charge in [0, 0.05) is 18.2 Å². The van der Waals surface area contributed by atoms with E-state index >= 15 is 0 Å². The fraction of sp³-hybridized carbons (Fsp3) is 0.286. The van der Waals surface area contributed by atoms with E-state index in [1.807, 2.05) is 42.5 Å². The van der Waals surface area contributed by atoms with Gasteiger partial charge in [-0.05, 0) is 58.7 Å². The maximum atomic E-state index is 13.0. The number of allylic oxidation sites excluding steroid dienone is 2. The summed E-state index contributed by atoms with van der Waals surface area (Å²) in [5.74, 6) is 1.09. The summed E-state index contributed by atoms with van der Waals surface area (Å²) in [4.78, 5) is 0.317. The number of hydrogen-bond donors (Lipinski definition) is 2. The molecule has 0 fully saturated rings. The molecule has 0 aromatic heterocycles. The molecule has 0 spiro atoms. The first-order chi connectivity index (χ1) is 15.9. The van der Waals surface area contributed by atoms with Crippen molar-refractivity contribution in [2.24, 2.45) is 5.92 Å². The van der Waals surface area contributed by atoms with Crippen LogP contribution in [0.2, 0.25) is 0 Å². The Bertz CT molecular complexity index is 1270. The molecule has 0 radical (unpaired) electrons. The smallest absolute Gasteiger partial charge is 0.240 e. The molecule has 3 unspecified atom stereocenters. The van der Waals surface area contributed by atoms with Crippen molar-refractivity contribution < 1.29 is 8.42 Å². The number of rotatable bonds is 6. The predicted molar refractivity (Wildman–Crippen MR) is 134 cm³/mol. The topological polar surface area (TPSA) is 58.2 Å². The van der Waals surface area contributed by atoms with Gasteiger partial charge >= 0.3 is 0 Å². The molecule has 3 aromatic rings. The molecule has 3 aromatic carbocycles. The van der Waals surface area contributed by atoms with Gasteiger partial charge in [-0.15, -0.1) is 0 Å². The van der Waals surface area contributed by atoms with Crippen molar-refractivity contribution in [3.05, 3.63) is 107 Å². The highest BCUT2D eigenvalue weighted by atomic mass is 32.2. The lowest BCUT2D eigenvalue weighted by Gasteiger charge is -2.37. The average molecular weight is 459 g/mol. The van der Waals surface area contributed by atoms with Gasteiger partial charge in [-0.1, -0.05) is 80.6 Å². The number of sulfonamides is 1. The zero-order valence-electron chi connectivity index (χ0n) is 19.0. The molecular formula is C28H30N2O2S. The Hall–Kier alpha value is -2.89. The summed E-state index contributed by atoms with van der Waals surface area (Å²) in [7, 11) is -3.60. The van der Waals surface area contributed by atoms with E-state index in [9.17, 15) is 8.42 Å². The van der Waals surface area contributed by atoms with Gasteiger partial charge in [-0.2, -0.15) is 0 Å². The summed E-state index contributed by atoms with van der Waals surface area (Å²) in [6, 6.07) is 24.2. The van der Waals surface area contributed by atoms with Crippen LogP contribution in [0.1, 0.15) is 60.4 Å². The van der Waals surface area contributed by atoms with Crippen LogP contribution < -0.4 is 10.0 Å². The zero-order chi connectivity index (χ0) is 23.0. The van der Waals surface area contributed by atoms with Crippen molar-refractivity contribution >= 4 is 15.7 Å². The molecule has 0 saturated heterocycles. The van der Waals surface area contributed by atoms with Crippen molar-refractivity contribution in [1.82, 2.24) is 4.72 Å². The number of benzene rings is 3. The van der Waals surface area contributed by atoms with Crippen molar-refractivity contribution in [2.45, 2.75) is 49.6 Å². The molecular weight excluding hydrogens is 428 g/mol. The van der Waals surface area contributed by atoms with E-state index < -0.39 is 10.0 Å². The highest BCUT2D eigenvalue weighted by Gasteiger charge is 2.38. The highest BCUT2D eigenvalue weighted by Crippen LogP contribution is 2.50. The lowest BCUT2D eigenvalue weighted by atomic mass is 9.77. The number of fused-ring (bicyclic) bond motifs is 3. The minimum atomic E-state index is -3.60. The minimum Gasteiger partial charge on any atom is -0.378 e. The van der Waals surface area contributed by atoms with E-state index in [4.69, 9.17) is 0 Å². The molecule has 1 aliphatic heterocycles. The van der Waals surface area contributed by atoms with Crippen LogP contribution in [0, 0.1) is 5.92 Å². The zero-order valence-corrected chi connectivity index (χ0v) is 19.8. The van der Waals surface area contributed by atoms with Gasteiger partial charge in [0.1, 0.15) is 0 Å². The summed E-state index contributed by atoms with van der Waals surface area (Å²) < 4.78 is 28.8. The van der Waals surface area contributed by atoms with Gasteiger partial charge in [0.2, 0.25) is 10.0 Å². The molecule has 5 heteroatoms. The molecule has 4 nitrogen and oxygen atoms in total. The maximum Gasteiger partial charge on any atom is 0.240 e. The van der Waals surface area contributed by atoms with E-state index in [1.165, 1.54) is 11.1 Å². The van der Waals surface area contributed by atoms with Crippen LogP contribution in [0.15, 0.2) is 89.8 Å².